The van der Waals surface area contributed by atoms with Crippen LogP contribution in [-0.4, -0.2) is 24.3 Å². The number of carbonyl (C=O) groups excluding carboxylic acids is 1. The Kier molecular flexibility index (Phi) is 4.52. The van der Waals surface area contributed by atoms with Crippen LogP contribution >= 0.6 is 11.6 Å². The van der Waals surface area contributed by atoms with E-state index in [-0.39, 0.29) is 0 Å². The van der Waals surface area contributed by atoms with E-state index in [4.69, 9.17) is 11.6 Å². The van der Waals surface area contributed by atoms with Crippen molar-refractivity contribution in [3.05, 3.63) is 40.9 Å². The number of ether oxygens (including phenoxy) is 1. The summed E-state index contributed by atoms with van der Waals surface area (Å²) in [6.45, 7) is 1.75. The van der Waals surface area contributed by atoms with Gasteiger partial charge in [0.15, 0.2) is 6.10 Å². The number of methoxy groups -OCH3 is 1. The Morgan fingerprint density at radius 3 is 2.44 bits per heavy atom. The molecule has 1 aromatic carbocycles. The average molecular weight is 241 g/mol. The minimum atomic E-state index is -1.27. The fourth-order valence-electron chi connectivity index (χ4n) is 1.36. The predicted molar refractivity (Wildman–Crippen MR) is 63.1 cm³/mol. The van der Waals surface area contributed by atoms with Crippen molar-refractivity contribution < 1.29 is 14.6 Å². The van der Waals surface area contributed by atoms with Crippen molar-refractivity contribution in [1.82, 2.24) is 0 Å². The largest absolute Gasteiger partial charge is 0.467 e. The molecule has 0 radical (unpaired) electrons. The first-order chi connectivity index (χ1) is 7.60. The molecular weight excluding hydrogens is 228 g/mol. The molecule has 0 heterocycles. The molecule has 1 N–H and O–H groups in total. The average Bonchev–Trinajstić information content (AvgIpc) is 2.31. The highest BCUT2D eigenvalue weighted by atomic mass is 35.5. The molecule has 0 amide bonds. The molecule has 0 fully saturated rings. The predicted octanol–water partition coefficient (Wildman–Crippen LogP) is 2.28. The quantitative estimate of drug-likeness (QED) is 0.825. The first-order valence-corrected chi connectivity index (χ1v) is 5.16. The van der Waals surface area contributed by atoms with Crippen molar-refractivity contribution in [2.75, 3.05) is 7.11 Å². The van der Waals surface area contributed by atoms with Crippen molar-refractivity contribution in [2.45, 2.75) is 13.0 Å². The van der Waals surface area contributed by atoms with Gasteiger partial charge in [0.1, 0.15) is 0 Å². The SMILES string of the molecule is CC=C(c1ccc(Cl)cc1)C(O)C(=O)OC. The van der Waals surface area contributed by atoms with Crippen LogP contribution in [0, 0.1) is 0 Å². The van der Waals surface area contributed by atoms with E-state index in [1.807, 2.05) is 0 Å². The highest BCUT2D eigenvalue weighted by Gasteiger charge is 2.20. The van der Waals surface area contributed by atoms with E-state index in [0.717, 1.165) is 5.56 Å². The second-order valence-electron chi connectivity index (χ2n) is 3.18. The van der Waals surface area contributed by atoms with Crippen LogP contribution in [0.2, 0.25) is 5.02 Å². The lowest BCUT2D eigenvalue weighted by atomic mass is 10.0. The maximum absolute atomic E-state index is 11.2. The van der Waals surface area contributed by atoms with Gasteiger partial charge < -0.3 is 9.84 Å². The van der Waals surface area contributed by atoms with E-state index in [1.165, 1.54) is 7.11 Å². The lowest BCUT2D eigenvalue weighted by Crippen LogP contribution is -2.23. The monoisotopic (exact) mass is 240 g/mol. The van der Waals surface area contributed by atoms with E-state index < -0.39 is 12.1 Å². The third-order valence-electron chi connectivity index (χ3n) is 2.21. The van der Waals surface area contributed by atoms with Gasteiger partial charge in [-0.15, -0.1) is 0 Å². The smallest absolute Gasteiger partial charge is 0.339 e. The zero-order chi connectivity index (χ0) is 12.1. The molecule has 16 heavy (non-hydrogen) atoms. The van der Waals surface area contributed by atoms with E-state index >= 15 is 0 Å². The van der Waals surface area contributed by atoms with Gasteiger partial charge in [-0.1, -0.05) is 29.8 Å². The number of benzene rings is 1. The molecule has 1 aromatic rings. The number of hydrogen-bond donors (Lipinski definition) is 1. The molecule has 0 aliphatic carbocycles. The van der Waals surface area contributed by atoms with Crippen LogP contribution in [0.1, 0.15) is 12.5 Å². The summed E-state index contributed by atoms with van der Waals surface area (Å²) in [5.41, 5.74) is 1.24. The molecule has 0 bridgehead atoms. The number of hydrogen-bond acceptors (Lipinski definition) is 3. The second kappa shape index (κ2) is 5.68. The van der Waals surface area contributed by atoms with Gasteiger partial charge in [-0.3, -0.25) is 0 Å². The molecule has 1 rings (SSSR count). The summed E-state index contributed by atoms with van der Waals surface area (Å²) in [4.78, 5) is 11.2. The Morgan fingerprint density at radius 1 is 1.44 bits per heavy atom. The Labute approximate surface area is 99.3 Å². The summed E-state index contributed by atoms with van der Waals surface area (Å²) in [5, 5.41) is 10.3. The van der Waals surface area contributed by atoms with Crippen LogP contribution in [-0.2, 0) is 9.53 Å². The number of allylic oxidation sites excluding steroid dienone is 1. The van der Waals surface area contributed by atoms with Crippen molar-refractivity contribution in [3.63, 3.8) is 0 Å². The van der Waals surface area contributed by atoms with E-state index in [0.29, 0.717) is 10.6 Å². The van der Waals surface area contributed by atoms with E-state index in [2.05, 4.69) is 4.74 Å². The lowest BCUT2D eigenvalue weighted by Gasteiger charge is -2.12. The molecule has 1 unspecified atom stereocenters. The van der Waals surface area contributed by atoms with Crippen LogP contribution in [0.15, 0.2) is 30.3 Å². The number of halogens is 1. The second-order valence-corrected chi connectivity index (χ2v) is 3.61. The number of esters is 1. The maximum atomic E-state index is 11.2. The Morgan fingerprint density at radius 2 is 2.00 bits per heavy atom. The van der Waals surface area contributed by atoms with Gasteiger partial charge in [0.05, 0.1) is 7.11 Å². The number of aliphatic hydroxyl groups is 1. The topological polar surface area (TPSA) is 46.5 Å². The van der Waals surface area contributed by atoms with Crippen molar-refractivity contribution in [3.8, 4) is 0 Å². The van der Waals surface area contributed by atoms with Crippen molar-refractivity contribution in [1.29, 1.82) is 0 Å². The minimum absolute atomic E-state index is 0.503. The van der Waals surface area contributed by atoms with E-state index in [1.54, 1.807) is 37.3 Å². The number of aliphatic hydroxyl groups excluding tert-OH is 1. The fraction of sp³-hybridized carbons (Fsp3) is 0.250. The molecule has 4 heteroatoms. The molecule has 0 spiro atoms. The molecule has 0 aliphatic rings. The standard InChI is InChI=1S/C12H13ClO3/c1-3-10(11(14)12(15)16-2)8-4-6-9(13)7-5-8/h3-7,11,14H,1-2H3. The van der Waals surface area contributed by atoms with Gasteiger partial charge in [-0.2, -0.15) is 0 Å². The van der Waals surface area contributed by atoms with Gasteiger partial charge in [-0.05, 0) is 30.2 Å². The van der Waals surface area contributed by atoms with Gasteiger partial charge in [0.25, 0.3) is 0 Å². The van der Waals surface area contributed by atoms with Gasteiger partial charge in [-0.25, -0.2) is 4.79 Å². The van der Waals surface area contributed by atoms with Crippen LogP contribution in [0.3, 0.4) is 0 Å². The van der Waals surface area contributed by atoms with Crippen LogP contribution in [0.4, 0.5) is 0 Å². The molecule has 0 aromatic heterocycles. The minimum Gasteiger partial charge on any atom is -0.467 e. The zero-order valence-corrected chi connectivity index (χ0v) is 9.86. The van der Waals surface area contributed by atoms with Gasteiger partial charge in [0.2, 0.25) is 0 Å². The highest BCUT2D eigenvalue weighted by Crippen LogP contribution is 2.21. The maximum Gasteiger partial charge on any atom is 0.339 e. The third kappa shape index (κ3) is 2.84. The molecule has 0 saturated heterocycles. The van der Waals surface area contributed by atoms with Crippen molar-refractivity contribution >= 4 is 23.1 Å². The van der Waals surface area contributed by atoms with Gasteiger partial charge in [0, 0.05) is 5.02 Å². The normalized spacial score (nSPS) is 13.4. The Hall–Kier alpha value is -1.32. The first-order valence-electron chi connectivity index (χ1n) is 4.78. The number of carbonyl (C=O) groups is 1. The molecule has 3 nitrogen and oxygen atoms in total. The molecule has 86 valence electrons. The summed E-state index contributed by atoms with van der Waals surface area (Å²) >= 11 is 5.76. The summed E-state index contributed by atoms with van der Waals surface area (Å²) in [7, 11) is 1.24. The Bertz CT molecular complexity index is 395. The zero-order valence-electron chi connectivity index (χ0n) is 9.11. The van der Waals surface area contributed by atoms with Crippen LogP contribution in [0.25, 0.3) is 5.57 Å². The van der Waals surface area contributed by atoms with E-state index in [9.17, 15) is 9.90 Å². The molecule has 0 saturated carbocycles. The molecule has 0 aliphatic heterocycles. The van der Waals surface area contributed by atoms with Gasteiger partial charge >= 0.3 is 5.97 Å². The number of rotatable bonds is 3. The Balaban J connectivity index is 3.00. The summed E-state index contributed by atoms with van der Waals surface area (Å²) in [6.07, 6.45) is 0.404. The van der Waals surface area contributed by atoms with Crippen LogP contribution < -0.4 is 0 Å². The summed E-state index contributed by atoms with van der Waals surface area (Å²) in [5.74, 6) is -0.678. The third-order valence-corrected chi connectivity index (χ3v) is 2.46. The van der Waals surface area contributed by atoms with Crippen molar-refractivity contribution in [2.24, 2.45) is 0 Å². The summed E-state index contributed by atoms with van der Waals surface area (Å²) in [6, 6.07) is 6.88. The summed E-state index contributed by atoms with van der Waals surface area (Å²) < 4.78 is 4.48. The molecule has 1 atom stereocenters. The highest BCUT2D eigenvalue weighted by molar-refractivity contribution is 6.30. The fourth-order valence-corrected chi connectivity index (χ4v) is 1.49. The molecular formula is C12H13ClO3. The lowest BCUT2D eigenvalue weighted by molar-refractivity contribution is -0.147. The first kappa shape index (κ1) is 12.7. The van der Waals surface area contributed by atoms with Crippen LogP contribution in [0.5, 0.6) is 0 Å².